The van der Waals surface area contributed by atoms with Crippen molar-refractivity contribution >= 4 is 9.84 Å². The van der Waals surface area contributed by atoms with Gasteiger partial charge in [-0.05, 0) is 24.7 Å². The Kier molecular flexibility index (Phi) is 6.41. The summed E-state index contributed by atoms with van der Waals surface area (Å²) in [4.78, 5) is 2.10. The zero-order valence-electron chi connectivity index (χ0n) is 11.4. The number of nitrogens with zero attached hydrogens (tertiary/aromatic N) is 1. The van der Waals surface area contributed by atoms with Crippen LogP contribution in [0.4, 0.5) is 4.39 Å². The average Bonchev–Trinajstić information content (AvgIpc) is 2.30. The summed E-state index contributed by atoms with van der Waals surface area (Å²) >= 11 is 0. The van der Waals surface area contributed by atoms with Crippen LogP contribution in [-0.2, 0) is 16.4 Å². The van der Waals surface area contributed by atoms with Crippen LogP contribution in [0.2, 0.25) is 0 Å². The van der Waals surface area contributed by atoms with Gasteiger partial charge < -0.3 is 10.2 Å². The van der Waals surface area contributed by atoms with Crippen LogP contribution in [0.5, 0.6) is 0 Å². The fourth-order valence-electron chi connectivity index (χ4n) is 1.63. The van der Waals surface area contributed by atoms with Gasteiger partial charge in [-0.1, -0.05) is 12.1 Å². The topological polar surface area (TPSA) is 49.4 Å². The summed E-state index contributed by atoms with van der Waals surface area (Å²) < 4.78 is 34.6. The highest BCUT2D eigenvalue weighted by atomic mass is 32.2. The van der Waals surface area contributed by atoms with Gasteiger partial charge in [-0.15, -0.1) is 0 Å². The molecule has 0 aliphatic heterocycles. The molecule has 1 aromatic carbocycles. The van der Waals surface area contributed by atoms with E-state index in [1.807, 2.05) is 7.05 Å². The Balaban J connectivity index is 2.18. The van der Waals surface area contributed by atoms with Gasteiger partial charge in [0.15, 0.2) is 0 Å². The van der Waals surface area contributed by atoms with Crippen molar-refractivity contribution in [1.29, 1.82) is 0 Å². The first-order chi connectivity index (χ1) is 8.87. The van der Waals surface area contributed by atoms with Gasteiger partial charge in [-0.2, -0.15) is 0 Å². The van der Waals surface area contributed by atoms with Crippen molar-refractivity contribution < 1.29 is 12.8 Å². The first-order valence-electron chi connectivity index (χ1n) is 6.18. The Labute approximate surface area is 114 Å². The van der Waals surface area contributed by atoms with E-state index in [0.29, 0.717) is 6.54 Å². The van der Waals surface area contributed by atoms with Gasteiger partial charge in [-0.3, -0.25) is 0 Å². The molecule has 0 radical (unpaired) electrons. The zero-order chi connectivity index (χ0) is 14.3. The third-order valence-electron chi connectivity index (χ3n) is 2.69. The Hall–Kier alpha value is -0.980. The minimum absolute atomic E-state index is 0.161. The second-order valence-electron chi connectivity index (χ2n) is 4.74. The van der Waals surface area contributed by atoms with Crippen LogP contribution in [0, 0.1) is 5.82 Å². The highest BCUT2D eigenvalue weighted by molar-refractivity contribution is 7.90. The van der Waals surface area contributed by atoms with Crippen LogP contribution in [-0.4, -0.2) is 52.0 Å². The Morgan fingerprint density at radius 1 is 1.21 bits per heavy atom. The number of halogens is 1. The molecule has 0 aromatic heterocycles. The first kappa shape index (κ1) is 16.1. The molecule has 0 bridgehead atoms. The van der Waals surface area contributed by atoms with Gasteiger partial charge in [0.2, 0.25) is 0 Å². The maximum Gasteiger partial charge on any atom is 0.148 e. The van der Waals surface area contributed by atoms with E-state index < -0.39 is 9.84 Å². The van der Waals surface area contributed by atoms with Crippen LogP contribution in [0.1, 0.15) is 5.56 Å². The van der Waals surface area contributed by atoms with E-state index >= 15 is 0 Å². The van der Waals surface area contributed by atoms with Gasteiger partial charge in [-0.25, -0.2) is 12.8 Å². The summed E-state index contributed by atoms with van der Waals surface area (Å²) in [6.45, 7) is 2.76. The highest BCUT2D eigenvalue weighted by Gasteiger charge is 2.02. The van der Waals surface area contributed by atoms with Gasteiger partial charge in [0.05, 0.1) is 5.75 Å². The van der Waals surface area contributed by atoms with Crippen molar-refractivity contribution in [2.24, 2.45) is 0 Å². The van der Waals surface area contributed by atoms with E-state index in [9.17, 15) is 12.8 Å². The molecule has 0 spiro atoms. The van der Waals surface area contributed by atoms with Gasteiger partial charge in [0, 0.05) is 32.4 Å². The van der Waals surface area contributed by atoms with E-state index in [0.717, 1.165) is 25.2 Å². The van der Waals surface area contributed by atoms with Crippen molar-refractivity contribution in [2.75, 3.05) is 38.7 Å². The molecule has 0 aliphatic carbocycles. The first-order valence-corrected chi connectivity index (χ1v) is 8.24. The number of benzene rings is 1. The monoisotopic (exact) mass is 288 g/mol. The molecule has 0 aliphatic rings. The molecule has 1 N–H and O–H groups in total. The number of likely N-dealkylation sites (N-methyl/N-ethyl adjacent to an activating group) is 1. The molecule has 19 heavy (non-hydrogen) atoms. The number of hydrogen-bond donors (Lipinski definition) is 1. The minimum Gasteiger partial charge on any atom is -0.314 e. The smallest absolute Gasteiger partial charge is 0.148 e. The van der Waals surface area contributed by atoms with Gasteiger partial charge in [0.1, 0.15) is 15.7 Å². The molecule has 1 rings (SSSR count). The molecule has 4 nitrogen and oxygen atoms in total. The van der Waals surface area contributed by atoms with Gasteiger partial charge in [0.25, 0.3) is 0 Å². The fourth-order valence-corrected chi connectivity index (χ4v) is 2.15. The molecule has 0 unspecified atom stereocenters. The molecule has 0 saturated carbocycles. The predicted molar refractivity (Wildman–Crippen MR) is 75.3 cm³/mol. The normalized spacial score (nSPS) is 12.0. The molecule has 108 valence electrons. The number of sulfone groups is 1. The van der Waals surface area contributed by atoms with Crippen LogP contribution in [0.15, 0.2) is 24.3 Å². The van der Waals surface area contributed by atoms with E-state index in [2.05, 4.69) is 10.2 Å². The SMILES string of the molecule is CN(CCNCCS(C)(=O)=O)Cc1ccc(F)cc1. The second kappa shape index (κ2) is 7.57. The summed E-state index contributed by atoms with van der Waals surface area (Å²) in [5, 5.41) is 3.09. The van der Waals surface area contributed by atoms with Crippen LogP contribution < -0.4 is 5.32 Å². The van der Waals surface area contributed by atoms with E-state index in [4.69, 9.17) is 0 Å². The maximum atomic E-state index is 12.7. The van der Waals surface area contributed by atoms with Crippen molar-refractivity contribution in [2.45, 2.75) is 6.54 Å². The molecular formula is C13H21FN2O2S. The molecular weight excluding hydrogens is 267 g/mol. The minimum atomic E-state index is -2.89. The zero-order valence-corrected chi connectivity index (χ0v) is 12.2. The van der Waals surface area contributed by atoms with Crippen LogP contribution in [0.25, 0.3) is 0 Å². The molecule has 0 heterocycles. The highest BCUT2D eigenvalue weighted by Crippen LogP contribution is 2.04. The molecule has 6 heteroatoms. The Morgan fingerprint density at radius 3 is 2.42 bits per heavy atom. The Bertz CT molecular complexity index is 474. The summed E-state index contributed by atoms with van der Waals surface area (Å²) in [5.41, 5.74) is 1.06. The summed E-state index contributed by atoms with van der Waals surface area (Å²) in [6.07, 6.45) is 1.23. The lowest BCUT2D eigenvalue weighted by molar-refractivity contribution is 0.325. The van der Waals surface area contributed by atoms with Crippen molar-refractivity contribution in [3.8, 4) is 0 Å². The Morgan fingerprint density at radius 2 is 1.84 bits per heavy atom. The van der Waals surface area contributed by atoms with Crippen LogP contribution in [0.3, 0.4) is 0 Å². The van der Waals surface area contributed by atoms with E-state index in [1.165, 1.54) is 18.4 Å². The van der Waals surface area contributed by atoms with Gasteiger partial charge >= 0.3 is 0 Å². The average molecular weight is 288 g/mol. The number of hydrogen-bond acceptors (Lipinski definition) is 4. The number of nitrogens with one attached hydrogen (secondary N) is 1. The van der Waals surface area contributed by atoms with Crippen LogP contribution >= 0.6 is 0 Å². The molecule has 0 fully saturated rings. The van der Waals surface area contributed by atoms with E-state index in [-0.39, 0.29) is 11.6 Å². The van der Waals surface area contributed by atoms with Crippen molar-refractivity contribution in [1.82, 2.24) is 10.2 Å². The number of rotatable bonds is 8. The largest absolute Gasteiger partial charge is 0.314 e. The summed E-state index contributed by atoms with van der Waals surface area (Å²) in [7, 11) is -0.915. The third kappa shape index (κ3) is 7.92. The predicted octanol–water partition coefficient (Wildman–Crippen LogP) is 0.892. The fraction of sp³-hybridized carbons (Fsp3) is 0.538. The van der Waals surface area contributed by atoms with Crippen molar-refractivity contribution in [3.05, 3.63) is 35.6 Å². The molecule has 0 atom stereocenters. The lowest BCUT2D eigenvalue weighted by atomic mass is 10.2. The summed E-state index contributed by atoms with van der Waals surface area (Å²) in [6, 6.07) is 6.44. The maximum absolute atomic E-state index is 12.7. The molecule has 0 amide bonds. The lowest BCUT2D eigenvalue weighted by Crippen LogP contribution is -2.31. The van der Waals surface area contributed by atoms with Crippen molar-refractivity contribution in [3.63, 3.8) is 0 Å². The summed E-state index contributed by atoms with van der Waals surface area (Å²) in [5.74, 6) is -0.0665. The lowest BCUT2D eigenvalue weighted by Gasteiger charge is -2.17. The standard InChI is InChI=1S/C13H21FN2O2S/c1-16(9-7-15-8-10-19(2,17)18)11-12-3-5-13(14)6-4-12/h3-6,15H,7-11H2,1-2H3. The quantitative estimate of drug-likeness (QED) is 0.722. The molecule has 0 saturated heterocycles. The van der Waals surface area contributed by atoms with E-state index in [1.54, 1.807) is 12.1 Å². The molecule has 1 aromatic rings. The third-order valence-corrected chi connectivity index (χ3v) is 3.63. The second-order valence-corrected chi connectivity index (χ2v) is 7.00.